The monoisotopic (exact) mass is 989 g/mol. The lowest BCUT2D eigenvalue weighted by molar-refractivity contribution is -0.167. The molecule has 0 aliphatic carbocycles. The Morgan fingerprint density at radius 1 is 0.296 bits per heavy atom. The van der Waals surface area contributed by atoms with Crippen molar-refractivity contribution in [3.05, 3.63) is 85.1 Å². The number of unbranched alkanes of at least 4 members (excludes halogenated alkanes) is 29. The maximum Gasteiger partial charge on any atom is 0.306 e. The second kappa shape index (κ2) is 59.2. The number of ether oxygens (including phenoxy) is 3. The van der Waals surface area contributed by atoms with Gasteiger partial charge < -0.3 is 14.2 Å². The first-order valence-electron chi connectivity index (χ1n) is 30.1. The van der Waals surface area contributed by atoms with Gasteiger partial charge in [-0.3, -0.25) is 14.4 Å². The molecule has 0 aromatic carbocycles. The van der Waals surface area contributed by atoms with Gasteiger partial charge in [0.1, 0.15) is 13.2 Å². The quantitative estimate of drug-likeness (QED) is 0.0261. The number of carbonyl (C=O) groups excluding carboxylic acids is 3. The van der Waals surface area contributed by atoms with E-state index >= 15 is 0 Å². The number of hydrogen-bond donors (Lipinski definition) is 0. The summed E-state index contributed by atoms with van der Waals surface area (Å²) in [5.41, 5.74) is 0. The van der Waals surface area contributed by atoms with Crippen molar-refractivity contribution < 1.29 is 28.6 Å². The van der Waals surface area contributed by atoms with Crippen LogP contribution in [0.25, 0.3) is 0 Å². The number of allylic oxidation sites excluding steroid dienone is 14. The highest BCUT2D eigenvalue weighted by Gasteiger charge is 2.19. The van der Waals surface area contributed by atoms with Crippen LogP contribution in [0.3, 0.4) is 0 Å². The van der Waals surface area contributed by atoms with Crippen molar-refractivity contribution in [1.29, 1.82) is 0 Å². The van der Waals surface area contributed by atoms with E-state index in [4.69, 9.17) is 14.2 Å². The van der Waals surface area contributed by atoms with Crippen LogP contribution in [-0.2, 0) is 28.6 Å². The molecule has 0 amide bonds. The minimum Gasteiger partial charge on any atom is -0.462 e. The van der Waals surface area contributed by atoms with Crippen molar-refractivity contribution in [2.24, 2.45) is 0 Å². The van der Waals surface area contributed by atoms with E-state index in [-0.39, 0.29) is 31.1 Å². The Bertz CT molecular complexity index is 1370. The molecule has 408 valence electrons. The summed E-state index contributed by atoms with van der Waals surface area (Å²) in [6.45, 7) is 6.52. The summed E-state index contributed by atoms with van der Waals surface area (Å²) in [7, 11) is 0. The minimum atomic E-state index is -0.773. The third kappa shape index (κ3) is 57.4. The van der Waals surface area contributed by atoms with E-state index in [9.17, 15) is 14.4 Å². The Morgan fingerprint density at radius 2 is 0.549 bits per heavy atom. The van der Waals surface area contributed by atoms with E-state index in [0.717, 1.165) is 109 Å². The lowest BCUT2D eigenvalue weighted by atomic mass is 10.1. The summed E-state index contributed by atoms with van der Waals surface area (Å²) in [4.78, 5) is 38.0. The van der Waals surface area contributed by atoms with E-state index in [1.54, 1.807) is 0 Å². The van der Waals surface area contributed by atoms with Gasteiger partial charge in [-0.15, -0.1) is 0 Å². The molecule has 0 heterocycles. The molecule has 0 saturated carbocycles. The topological polar surface area (TPSA) is 78.9 Å². The summed E-state index contributed by atoms with van der Waals surface area (Å²) in [6.07, 6.45) is 77.3. The van der Waals surface area contributed by atoms with E-state index < -0.39 is 6.10 Å². The molecule has 0 aliphatic heterocycles. The smallest absolute Gasteiger partial charge is 0.306 e. The van der Waals surface area contributed by atoms with Crippen LogP contribution in [0.5, 0.6) is 0 Å². The second-order valence-electron chi connectivity index (χ2n) is 19.9. The van der Waals surface area contributed by atoms with E-state index in [1.165, 1.54) is 141 Å². The fourth-order valence-electron chi connectivity index (χ4n) is 8.42. The second-order valence-corrected chi connectivity index (χ2v) is 19.9. The van der Waals surface area contributed by atoms with Gasteiger partial charge in [0.05, 0.1) is 0 Å². The van der Waals surface area contributed by atoms with Crippen LogP contribution in [0.1, 0.15) is 290 Å². The Morgan fingerprint density at radius 3 is 0.859 bits per heavy atom. The molecule has 1 atom stereocenters. The summed E-state index contributed by atoms with van der Waals surface area (Å²) in [6, 6.07) is 0. The fraction of sp³-hybridized carbons (Fsp3) is 0.738. The van der Waals surface area contributed by atoms with Gasteiger partial charge in [-0.1, -0.05) is 279 Å². The third-order valence-electron chi connectivity index (χ3n) is 12.9. The van der Waals surface area contributed by atoms with Crippen molar-refractivity contribution in [3.8, 4) is 0 Å². The highest BCUT2D eigenvalue weighted by Crippen LogP contribution is 2.16. The Labute approximate surface area is 439 Å². The molecule has 0 saturated heterocycles. The molecule has 0 fully saturated rings. The molecule has 71 heavy (non-hydrogen) atoms. The number of carbonyl (C=O) groups is 3. The van der Waals surface area contributed by atoms with Gasteiger partial charge in [-0.05, 0) is 77.0 Å². The predicted molar refractivity (Wildman–Crippen MR) is 307 cm³/mol. The maximum atomic E-state index is 12.8. The molecule has 6 heteroatoms. The van der Waals surface area contributed by atoms with Crippen LogP contribution < -0.4 is 0 Å². The van der Waals surface area contributed by atoms with Crippen LogP contribution in [-0.4, -0.2) is 37.2 Å². The van der Waals surface area contributed by atoms with Crippen LogP contribution in [0.2, 0.25) is 0 Å². The van der Waals surface area contributed by atoms with Gasteiger partial charge in [0.2, 0.25) is 0 Å². The zero-order valence-electron chi connectivity index (χ0n) is 46.7. The van der Waals surface area contributed by atoms with E-state index in [1.807, 2.05) is 0 Å². The first-order chi connectivity index (χ1) is 35.0. The first kappa shape index (κ1) is 67.6. The van der Waals surface area contributed by atoms with Crippen LogP contribution in [0, 0.1) is 0 Å². The number of hydrogen-bond acceptors (Lipinski definition) is 6. The molecule has 0 spiro atoms. The van der Waals surface area contributed by atoms with Crippen molar-refractivity contribution >= 4 is 17.9 Å². The molecular weight excluding hydrogens is 877 g/mol. The molecule has 6 nitrogen and oxygen atoms in total. The molecule has 0 N–H and O–H groups in total. The summed E-state index contributed by atoms with van der Waals surface area (Å²) in [5.74, 6) is -0.873. The van der Waals surface area contributed by atoms with Gasteiger partial charge in [0.15, 0.2) is 6.10 Å². The van der Waals surface area contributed by atoms with Crippen molar-refractivity contribution in [3.63, 3.8) is 0 Å². The lowest BCUT2D eigenvalue weighted by Gasteiger charge is -2.18. The standard InChI is InChI=1S/C65H112O6/c1-4-7-10-13-16-19-22-23-24-25-26-27-28-29-30-31-32-33-34-35-36-37-38-39-40-41-44-46-49-52-55-58-64(67)70-61-62(71-65(68)59-56-53-50-47-43-21-18-15-12-9-6-3)60-69-63(66)57-54-51-48-45-42-20-17-14-11-8-5-2/h7,10,16,19,23-24,26-27,29-30,32-33,35-36,62H,4-6,8-9,11-15,17-18,20-22,25,28,31,34,37-61H2,1-3H3/b10-7-,19-16-,24-23-,27-26-,30-29-,33-32-,36-35-. The fourth-order valence-corrected chi connectivity index (χ4v) is 8.42. The number of esters is 3. The first-order valence-corrected chi connectivity index (χ1v) is 30.1. The van der Waals surface area contributed by atoms with Crippen molar-refractivity contribution in [2.75, 3.05) is 13.2 Å². The maximum absolute atomic E-state index is 12.8. The zero-order chi connectivity index (χ0) is 51.4. The predicted octanol–water partition coefficient (Wildman–Crippen LogP) is 20.3. The third-order valence-corrected chi connectivity index (χ3v) is 12.9. The SMILES string of the molecule is CC/C=C\C/C=C\C/C=C\C/C=C\C/C=C\C/C=C\C/C=C\CCCCCCCCCCCC(=O)OCC(COC(=O)CCCCCCCCCCCCC)OC(=O)CCCCCCCCCCCCC. The van der Waals surface area contributed by atoms with Gasteiger partial charge in [0.25, 0.3) is 0 Å². The van der Waals surface area contributed by atoms with Gasteiger partial charge in [-0.2, -0.15) is 0 Å². The average Bonchev–Trinajstić information content (AvgIpc) is 3.37. The molecule has 0 aromatic heterocycles. The van der Waals surface area contributed by atoms with Crippen LogP contribution in [0.15, 0.2) is 85.1 Å². The lowest BCUT2D eigenvalue weighted by Crippen LogP contribution is -2.30. The molecule has 1 unspecified atom stereocenters. The Balaban J connectivity index is 4.16. The normalized spacial score (nSPS) is 12.7. The molecule has 0 aliphatic rings. The van der Waals surface area contributed by atoms with Crippen LogP contribution in [0.4, 0.5) is 0 Å². The Hall–Kier alpha value is -3.41. The molecule has 0 rings (SSSR count). The Kier molecular flexibility index (Phi) is 56.3. The number of rotatable bonds is 54. The molecule has 0 bridgehead atoms. The van der Waals surface area contributed by atoms with Gasteiger partial charge >= 0.3 is 17.9 Å². The van der Waals surface area contributed by atoms with Crippen LogP contribution >= 0.6 is 0 Å². The molecular formula is C65H112O6. The molecule has 0 radical (unpaired) electrons. The highest BCUT2D eigenvalue weighted by molar-refractivity contribution is 5.71. The minimum absolute atomic E-state index is 0.0735. The summed E-state index contributed by atoms with van der Waals surface area (Å²) < 4.78 is 16.8. The van der Waals surface area contributed by atoms with E-state index in [2.05, 4.69) is 106 Å². The van der Waals surface area contributed by atoms with Crippen molar-refractivity contribution in [2.45, 2.75) is 297 Å². The zero-order valence-corrected chi connectivity index (χ0v) is 46.7. The van der Waals surface area contributed by atoms with Gasteiger partial charge in [0, 0.05) is 19.3 Å². The average molecular weight is 990 g/mol. The van der Waals surface area contributed by atoms with Crippen molar-refractivity contribution in [1.82, 2.24) is 0 Å². The van der Waals surface area contributed by atoms with E-state index in [0.29, 0.717) is 19.3 Å². The largest absolute Gasteiger partial charge is 0.462 e. The van der Waals surface area contributed by atoms with Gasteiger partial charge in [-0.25, -0.2) is 0 Å². The molecule has 0 aromatic rings. The summed E-state index contributed by atoms with van der Waals surface area (Å²) >= 11 is 0. The highest BCUT2D eigenvalue weighted by atomic mass is 16.6. The summed E-state index contributed by atoms with van der Waals surface area (Å²) in [5, 5.41) is 0.